The van der Waals surface area contributed by atoms with Crippen LogP contribution in [0.4, 0.5) is 10.5 Å². The Labute approximate surface area is 119 Å². The predicted octanol–water partition coefficient (Wildman–Crippen LogP) is 3.26. The van der Waals surface area contributed by atoms with E-state index in [1.165, 1.54) is 0 Å². The molecule has 106 valence electrons. The number of urea groups is 1. The highest BCUT2D eigenvalue weighted by atomic mass is 32.2. The van der Waals surface area contributed by atoms with Crippen molar-refractivity contribution in [2.24, 2.45) is 0 Å². The van der Waals surface area contributed by atoms with E-state index in [1.54, 1.807) is 18.9 Å². The van der Waals surface area contributed by atoms with Crippen LogP contribution in [0.1, 0.15) is 18.9 Å². The maximum Gasteiger partial charge on any atom is 0.319 e. The molecule has 0 aliphatic rings. The topological polar surface area (TPSA) is 50.4 Å². The zero-order valence-electron chi connectivity index (χ0n) is 11.9. The zero-order valence-corrected chi connectivity index (χ0v) is 12.8. The van der Waals surface area contributed by atoms with Crippen molar-refractivity contribution in [2.75, 3.05) is 25.3 Å². The Kier molecular flexibility index (Phi) is 6.73. The Bertz CT molecular complexity index is 424. The molecule has 0 heterocycles. The van der Waals surface area contributed by atoms with Crippen molar-refractivity contribution in [1.82, 2.24) is 5.32 Å². The van der Waals surface area contributed by atoms with Gasteiger partial charge in [0.15, 0.2) is 0 Å². The van der Waals surface area contributed by atoms with Gasteiger partial charge < -0.3 is 15.4 Å². The largest absolute Gasteiger partial charge is 0.383 e. The van der Waals surface area contributed by atoms with Crippen LogP contribution in [0.2, 0.25) is 0 Å². The molecule has 0 spiro atoms. The lowest BCUT2D eigenvalue weighted by atomic mass is 10.2. The molecule has 2 amide bonds. The van der Waals surface area contributed by atoms with Gasteiger partial charge in [0.2, 0.25) is 0 Å². The highest BCUT2D eigenvalue weighted by Crippen LogP contribution is 2.22. The van der Waals surface area contributed by atoms with E-state index in [4.69, 9.17) is 4.74 Å². The van der Waals surface area contributed by atoms with Gasteiger partial charge in [-0.05, 0) is 37.3 Å². The van der Waals surface area contributed by atoms with E-state index in [0.717, 1.165) is 22.6 Å². The SMILES string of the molecule is CC[C@H](COC)NC(=O)Nc1cc(SC)ccc1C. The number of carbonyl (C=O) groups excluding carboxylic acids is 1. The normalized spacial score (nSPS) is 12.0. The fourth-order valence-electron chi connectivity index (χ4n) is 1.67. The number of amides is 2. The third-order valence-electron chi connectivity index (χ3n) is 2.89. The van der Waals surface area contributed by atoms with E-state index in [2.05, 4.69) is 10.6 Å². The Hall–Kier alpha value is -1.20. The van der Waals surface area contributed by atoms with Crippen molar-refractivity contribution in [2.45, 2.75) is 31.2 Å². The lowest BCUT2D eigenvalue weighted by Gasteiger charge is -2.17. The van der Waals surface area contributed by atoms with E-state index in [9.17, 15) is 4.79 Å². The maximum absolute atomic E-state index is 11.9. The molecule has 1 aromatic carbocycles. The molecule has 0 aromatic heterocycles. The number of hydrogen-bond donors (Lipinski definition) is 2. The van der Waals surface area contributed by atoms with Crippen LogP contribution < -0.4 is 10.6 Å². The molecule has 0 unspecified atom stereocenters. The third kappa shape index (κ3) is 5.12. The molecule has 2 N–H and O–H groups in total. The summed E-state index contributed by atoms with van der Waals surface area (Å²) in [5.74, 6) is 0. The minimum absolute atomic E-state index is 0.0361. The molecule has 19 heavy (non-hydrogen) atoms. The number of carbonyl (C=O) groups is 1. The molecule has 0 aliphatic heterocycles. The van der Waals surface area contributed by atoms with Crippen LogP contribution in [0.15, 0.2) is 23.1 Å². The molecule has 4 nitrogen and oxygen atoms in total. The Balaban J connectivity index is 2.65. The summed E-state index contributed by atoms with van der Waals surface area (Å²) in [5.41, 5.74) is 1.89. The number of aryl methyl sites for hydroxylation is 1. The van der Waals surface area contributed by atoms with E-state index >= 15 is 0 Å². The number of benzene rings is 1. The first-order valence-corrected chi connectivity index (χ1v) is 7.54. The molecular formula is C14H22N2O2S. The Morgan fingerprint density at radius 3 is 2.79 bits per heavy atom. The van der Waals surface area contributed by atoms with Gasteiger partial charge in [0, 0.05) is 17.7 Å². The van der Waals surface area contributed by atoms with Gasteiger partial charge in [-0.2, -0.15) is 0 Å². The molecule has 1 rings (SSSR count). The van der Waals surface area contributed by atoms with E-state index in [1.807, 2.05) is 38.3 Å². The first-order valence-electron chi connectivity index (χ1n) is 6.31. The minimum atomic E-state index is -0.190. The van der Waals surface area contributed by atoms with Crippen LogP contribution in [-0.4, -0.2) is 32.0 Å². The smallest absolute Gasteiger partial charge is 0.319 e. The van der Waals surface area contributed by atoms with Crippen molar-refractivity contribution in [3.05, 3.63) is 23.8 Å². The quantitative estimate of drug-likeness (QED) is 0.787. The molecule has 0 fully saturated rings. The highest BCUT2D eigenvalue weighted by molar-refractivity contribution is 7.98. The fraction of sp³-hybridized carbons (Fsp3) is 0.500. The number of rotatable bonds is 6. The molecule has 0 saturated heterocycles. The summed E-state index contributed by atoms with van der Waals surface area (Å²) in [7, 11) is 1.63. The van der Waals surface area contributed by atoms with E-state index < -0.39 is 0 Å². The summed E-state index contributed by atoms with van der Waals surface area (Å²) in [6, 6.07) is 5.88. The predicted molar refractivity (Wildman–Crippen MR) is 81.1 cm³/mol. The van der Waals surface area contributed by atoms with Gasteiger partial charge in [0.1, 0.15) is 0 Å². The fourth-order valence-corrected chi connectivity index (χ4v) is 2.11. The van der Waals surface area contributed by atoms with Gasteiger partial charge in [-0.1, -0.05) is 13.0 Å². The number of anilines is 1. The summed E-state index contributed by atoms with van der Waals surface area (Å²) < 4.78 is 5.06. The number of thioether (sulfide) groups is 1. The lowest BCUT2D eigenvalue weighted by molar-refractivity contribution is 0.165. The maximum atomic E-state index is 11.9. The number of hydrogen-bond acceptors (Lipinski definition) is 3. The van der Waals surface area contributed by atoms with Crippen LogP contribution >= 0.6 is 11.8 Å². The molecule has 0 saturated carbocycles. The van der Waals surface area contributed by atoms with E-state index in [0.29, 0.717) is 6.61 Å². The van der Waals surface area contributed by atoms with Crippen molar-refractivity contribution < 1.29 is 9.53 Å². The van der Waals surface area contributed by atoms with Gasteiger partial charge in [0.25, 0.3) is 0 Å². The van der Waals surface area contributed by atoms with Crippen LogP contribution in [-0.2, 0) is 4.74 Å². The average molecular weight is 282 g/mol. The first-order chi connectivity index (χ1) is 9.10. The Morgan fingerprint density at radius 1 is 1.47 bits per heavy atom. The zero-order chi connectivity index (χ0) is 14.3. The van der Waals surface area contributed by atoms with Crippen molar-refractivity contribution in [3.63, 3.8) is 0 Å². The van der Waals surface area contributed by atoms with Gasteiger partial charge in [-0.15, -0.1) is 11.8 Å². The molecule has 1 atom stereocenters. The standard InChI is InChI=1S/C14H22N2O2S/c1-5-11(9-18-3)15-14(17)16-13-8-12(19-4)7-6-10(13)2/h6-8,11H,5,9H2,1-4H3,(H2,15,16,17)/t11-/m1/s1. The number of ether oxygens (including phenoxy) is 1. The second-order valence-electron chi connectivity index (χ2n) is 4.34. The number of nitrogens with one attached hydrogen (secondary N) is 2. The Morgan fingerprint density at radius 2 is 2.21 bits per heavy atom. The van der Waals surface area contributed by atoms with Crippen LogP contribution in [0, 0.1) is 6.92 Å². The summed E-state index contributed by atoms with van der Waals surface area (Å²) in [6.45, 7) is 4.52. The summed E-state index contributed by atoms with van der Waals surface area (Å²) in [6.07, 6.45) is 2.85. The van der Waals surface area contributed by atoms with Gasteiger partial charge in [-0.25, -0.2) is 4.79 Å². The second kappa shape index (κ2) is 8.07. The van der Waals surface area contributed by atoms with Crippen LogP contribution in [0.5, 0.6) is 0 Å². The monoisotopic (exact) mass is 282 g/mol. The van der Waals surface area contributed by atoms with Gasteiger partial charge in [-0.3, -0.25) is 0 Å². The molecule has 5 heteroatoms. The van der Waals surface area contributed by atoms with Crippen LogP contribution in [0.3, 0.4) is 0 Å². The van der Waals surface area contributed by atoms with Crippen LogP contribution in [0.25, 0.3) is 0 Å². The first kappa shape index (κ1) is 15.9. The van der Waals surface area contributed by atoms with Crippen molar-refractivity contribution >= 4 is 23.5 Å². The summed E-state index contributed by atoms with van der Waals surface area (Å²) in [4.78, 5) is 13.1. The van der Waals surface area contributed by atoms with Crippen molar-refractivity contribution in [3.8, 4) is 0 Å². The lowest BCUT2D eigenvalue weighted by Crippen LogP contribution is -2.40. The van der Waals surface area contributed by atoms with Gasteiger partial charge in [0.05, 0.1) is 12.6 Å². The van der Waals surface area contributed by atoms with Gasteiger partial charge >= 0.3 is 6.03 Å². The third-order valence-corrected chi connectivity index (χ3v) is 3.61. The average Bonchev–Trinajstić information content (AvgIpc) is 2.40. The minimum Gasteiger partial charge on any atom is -0.383 e. The molecule has 0 radical (unpaired) electrons. The number of methoxy groups -OCH3 is 1. The molecule has 0 bridgehead atoms. The van der Waals surface area contributed by atoms with E-state index in [-0.39, 0.29) is 12.1 Å². The summed E-state index contributed by atoms with van der Waals surface area (Å²) in [5, 5.41) is 5.79. The molecule has 1 aromatic rings. The molecule has 0 aliphatic carbocycles. The molecular weight excluding hydrogens is 260 g/mol. The summed E-state index contributed by atoms with van der Waals surface area (Å²) >= 11 is 1.65. The van der Waals surface area contributed by atoms with Crippen molar-refractivity contribution in [1.29, 1.82) is 0 Å². The highest BCUT2D eigenvalue weighted by Gasteiger charge is 2.11. The second-order valence-corrected chi connectivity index (χ2v) is 5.22.